The Morgan fingerprint density at radius 3 is 3.00 bits per heavy atom. The van der Waals surface area contributed by atoms with Gasteiger partial charge in [0.05, 0.1) is 0 Å². The Morgan fingerprint density at radius 2 is 2.57 bits per heavy atom. The number of allylic oxidation sites excluding steroid dienone is 1. The maximum absolute atomic E-state index is 9.58. The van der Waals surface area contributed by atoms with Gasteiger partial charge in [-0.25, -0.2) is 0 Å². The van der Waals surface area contributed by atoms with Gasteiger partial charge in [-0.15, -0.1) is 4.52 Å². The smallest absolute Gasteiger partial charge is 0.144 e. The van der Waals surface area contributed by atoms with Crippen LogP contribution in [0.1, 0.15) is 6.92 Å². The highest BCUT2D eigenvalue weighted by Crippen LogP contribution is 1.91. The van der Waals surface area contributed by atoms with Crippen molar-refractivity contribution in [3.8, 4) is 0 Å². The van der Waals surface area contributed by atoms with Gasteiger partial charge in [0.25, 0.3) is 0 Å². The summed E-state index contributed by atoms with van der Waals surface area (Å²) in [6, 6.07) is 0. The zero-order chi connectivity index (χ0) is 5.54. The molecule has 0 aliphatic rings. The Kier molecular flexibility index (Phi) is 5.63. The van der Waals surface area contributed by atoms with Gasteiger partial charge in [0.1, 0.15) is 6.61 Å². The molecule has 0 aromatic heterocycles. The van der Waals surface area contributed by atoms with Crippen LogP contribution in [-0.4, -0.2) is 6.61 Å². The quantitative estimate of drug-likeness (QED) is 0.320. The summed E-state index contributed by atoms with van der Waals surface area (Å²) in [4.78, 5) is 0. The summed E-state index contributed by atoms with van der Waals surface area (Å²) in [6.45, 7) is 2.34. The van der Waals surface area contributed by atoms with Crippen molar-refractivity contribution in [1.82, 2.24) is 0 Å². The van der Waals surface area contributed by atoms with Crippen LogP contribution in [0.3, 0.4) is 0 Å². The molecular weight excluding hydrogens is 111 g/mol. The lowest BCUT2D eigenvalue weighted by atomic mass is 10.6. The van der Waals surface area contributed by atoms with Crippen LogP contribution in [0.25, 0.3) is 0 Å². The number of hydrogen-bond donors (Lipinski definition) is 0. The van der Waals surface area contributed by atoms with Crippen molar-refractivity contribution in [1.29, 1.82) is 0 Å². The van der Waals surface area contributed by atoms with E-state index in [2.05, 4.69) is 4.52 Å². The topological polar surface area (TPSA) is 26.3 Å². The zero-order valence-electron chi connectivity index (χ0n) is 4.18. The van der Waals surface area contributed by atoms with Crippen molar-refractivity contribution in [2.45, 2.75) is 6.92 Å². The van der Waals surface area contributed by atoms with E-state index in [1.807, 2.05) is 13.0 Å². The third-order valence-electron chi connectivity index (χ3n) is 0.474. The Labute approximate surface area is 44.5 Å². The summed E-state index contributed by atoms with van der Waals surface area (Å²) >= 11 is 0. The van der Waals surface area contributed by atoms with Gasteiger partial charge in [-0.05, 0) is 11.5 Å². The summed E-state index contributed by atoms with van der Waals surface area (Å²) in [5.74, 6) is 0. The Morgan fingerprint density at radius 1 is 1.86 bits per heavy atom. The van der Waals surface area contributed by atoms with Crippen molar-refractivity contribution < 1.29 is 9.09 Å². The maximum Gasteiger partial charge on any atom is 0.494 e. The van der Waals surface area contributed by atoms with E-state index in [-0.39, 0.29) is 0 Å². The Hall–Kier alpha value is -0.200. The van der Waals surface area contributed by atoms with Gasteiger partial charge >= 0.3 is 8.69 Å². The fraction of sp³-hybridized carbons (Fsp3) is 0.500. The lowest BCUT2D eigenvalue weighted by Gasteiger charge is -1.71. The van der Waals surface area contributed by atoms with Gasteiger partial charge in [0.15, 0.2) is 0 Å². The van der Waals surface area contributed by atoms with Crippen molar-refractivity contribution in [2.24, 2.45) is 0 Å². The van der Waals surface area contributed by atoms with E-state index in [0.29, 0.717) is 6.61 Å². The Balaban J connectivity index is 2.82. The van der Waals surface area contributed by atoms with E-state index in [4.69, 9.17) is 0 Å². The third-order valence-corrected chi connectivity index (χ3v) is 0.759. The van der Waals surface area contributed by atoms with Crippen molar-refractivity contribution in [2.75, 3.05) is 6.61 Å². The maximum atomic E-state index is 9.58. The first-order valence-corrected chi connectivity index (χ1v) is 2.83. The van der Waals surface area contributed by atoms with Gasteiger partial charge < -0.3 is 0 Å². The third kappa shape index (κ3) is 5.80. The fourth-order valence-electron chi connectivity index (χ4n) is 0.178. The summed E-state index contributed by atoms with van der Waals surface area (Å²) in [5.41, 5.74) is 0. The molecule has 0 saturated carbocycles. The average Bonchev–Trinajstić information content (AvgIpc) is 1.69. The molecule has 2 nitrogen and oxygen atoms in total. The van der Waals surface area contributed by atoms with Crippen molar-refractivity contribution in [3.05, 3.63) is 12.2 Å². The number of rotatable bonds is 3. The highest BCUT2D eigenvalue weighted by Gasteiger charge is 1.81. The van der Waals surface area contributed by atoms with Crippen molar-refractivity contribution in [3.63, 3.8) is 0 Å². The molecular formula is C4H8O2P+. The summed E-state index contributed by atoms with van der Waals surface area (Å²) < 4.78 is 14.0. The van der Waals surface area contributed by atoms with Gasteiger partial charge in [0, 0.05) is 0 Å². The van der Waals surface area contributed by atoms with E-state index in [0.717, 1.165) is 0 Å². The van der Waals surface area contributed by atoms with Crippen molar-refractivity contribution >= 4 is 8.69 Å². The summed E-state index contributed by atoms with van der Waals surface area (Å²) in [6.07, 6.45) is 3.64. The highest BCUT2D eigenvalue weighted by atomic mass is 31.1. The molecule has 0 radical (unpaired) electrons. The monoisotopic (exact) mass is 119 g/mol. The molecule has 0 N–H and O–H groups in total. The molecule has 1 atom stereocenters. The molecule has 0 aromatic rings. The van der Waals surface area contributed by atoms with Crippen LogP contribution in [0.15, 0.2) is 12.2 Å². The molecule has 0 bridgehead atoms. The fourth-order valence-corrected chi connectivity index (χ4v) is 0.343. The molecule has 0 aromatic carbocycles. The van der Waals surface area contributed by atoms with Gasteiger partial charge in [0.2, 0.25) is 0 Å². The molecule has 0 saturated heterocycles. The van der Waals surface area contributed by atoms with Gasteiger partial charge in [-0.1, -0.05) is 12.2 Å². The van der Waals surface area contributed by atoms with Crippen LogP contribution in [-0.2, 0) is 9.09 Å². The SMILES string of the molecule is CC=CCO[PH+]=O. The molecule has 0 amide bonds. The number of hydrogen-bond acceptors (Lipinski definition) is 2. The molecule has 0 spiro atoms. The lowest BCUT2D eigenvalue weighted by molar-refractivity contribution is 0.387. The molecule has 1 unspecified atom stereocenters. The van der Waals surface area contributed by atoms with E-state index >= 15 is 0 Å². The minimum absolute atomic E-state index is 0.457. The normalized spacial score (nSPS) is 11.0. The first-order valence-electron chi connectivity index (χ1n) is 2.02. The molecule has 40 valence electrons. The minimum atomic E-state index is -0.634. The second kappa shape index (κ2) is 5.80. The first kappa shape index (κ1) is 6.80. The average molecular weight is 119 g/mol. The molecule has 0 aliphatic carbocycles. The first-order chi connectivity index (χ1) is 3.41. The predicted molar refractivity (Wildman–Crippen MR) is 29.8 cm³/mol. The zero-order valence-corrected chi connectivity index (χ0v) is 5.18. The molecule has 7 heavy (non-hydrogen) atoms. The van der Waals surface area contributed by atoms with Crippen LogP contribution in [0.2, 0.25) is 0 Å². The minimum Gasteiger partial charge on any atom is -0.144 e. The van der Waals surface area contributed by atoms with E-state index < -0.39 is 8.69 Å². The van der Waals surface area contributed by atoms with Gasteiger partial charge in [-0.2, -0.15) is 0 Å². The molecule has 0 aliphatic heterocycles. The van der Waals surface area contributed by atoms with Crippen LogP contribution in [0.4, 0.5) is 0 Å². The summed E-state index contributed by atoms with van der Waals surface area (Å²) in [5, 5.41) is 0. The lowest BCUT2D eigenvalue weighted by Crippen LogP contribution is -1.71. The largest absolute Gasteiger partial charge is 0.494 e. The van der Waals surface area contributed by atoms with E-state index in [9.17, 15) is 4.57 Å². The van der Waals surface area contributed by atoms with Crippen LogP contribution < -0.4 is 0 Å². The standard InChI is InChI=1S/C4H8O2P/c1-2-3-4-6-7-5/h2-3,7H,4H2,1H3/q+1. The molecule has 0 rings (SSSR count). The molecule has 3 heteroatoms. The second-order valence-electron chi connectivity index (χ2n) is 0.963. The summed E-state index contributed by atoms with van der Waals surface area (Å²) in [7, 11) is -0.634. The van der Waals surface area contributed by atoms with Crippen LogP contribution in [0, 0.1) is 0 Å². The molecule has 0 fully saturated rings. The molecule has 0 heterocycles. The Bertz CT molecular complexity index is 70.1. The van der Waals surface area contributed by atoms with Gasteiger partial charge in [-0.3, -0.25) is 0 Å². The second-order valence-corrected chi connectivity index (χ2v) is 1.42. The highest BCUT2D eigenvalue weighted by molar-refractivity contribution is 7.17. The predicted octanol–water partition coefficient (Wildman–Crippen LogP) is 1.52. The van der Waals surface area contributed by atoms with E-state index in [1.54, 1.807) is 6.08 Å². The van der Waals surface area contributed by atoms with E-state index in [1.165, 1.54) is 0 Å². The van der Waals surface area contributed by atoms with Crippen LogP contribution in [0.5, 0.6) is 0 Å². The van der Waals surface area contributed by atoms with Crippen LogP contribution >= 0.6 is 8.69 Å².